The zero-order chi connectivity index (χ0) is 14.4. The number of rotatable bonds is 6. The van der Waals surface area contributed by atoms with Crippen LogP contribution >= 0.6 is 0 Å². The summed E-state index contributed by atoms with van der Waals surface area (Å²) >= 11 is 0. The molecule has 0 aliphatic carbocycles. The molecule has 0 bridgehead atoms. The van der Waals surface area contributed by atoms with E-state index in [1.165, 1.54) is 5.56 Å². The lowest BCUT2D eigenvalue weighted by Crippen LogP contribution is -2.37. The fraction of sp³-hybridized carbons (Fsp3) is 0.647. The monoisotopic (exact) mass is 277 g/mol. The number of aliphatic hydroxyl groups is 1. The predicted molar refractivity (Wildman–Crippen MR) is 82.1 cm³/mol. The van der Waals surface area contributed by atoms with Gasteiger partial charge in [0.15, 0.2) is 0 Å². The van der Waals surface area contributed by atoms with Crippen LogP contribution in [0.15, 0.2) is 24.3 Å². The van der Waals surface area contributed by atoms with Crippen molar-refractivity contribution in [2.24, 2.45) is 5.92 Å². The highest BCUT2D eigenvalue weighted by Gasteiger charge is 2.22. The molecule has 112 valence electrons. The third-order valence-electron chi connectivity index (χ3n) is 4.28. The maximum absolute atomic E-state index is 9.59. The molecule has 1 fully saturated rings. The Morgan fingerprint density at radius 1 is 1.30 bits per heavy atom. The molecule has 1 heterocycles. The lowest BCUT2D eigenvalue weighted by atomic mass is 9.92. The summed E-state index contributed by atoms with van der Waals surface area (Å²) in [6.45, 7) is 8.09. The molecule has 3 heteroatoms. The van der Waals surface area contributed by atoms with Crippen LogP contribution in [-0.4, -0.2) is 42.4 Å². The summed E-state index contributed by atoms with van der Waals surface area (Å²) < 4.78 is 5.82. The average molecular weight is 277 g/mol. The van der Waals surface area contributed by atoms with E-state index in [0.29, 0.717) is 5.92 Å². The van der Waals surface area contributed by atoms with Gasteiger partial charge in [0.05, 0.1) is 12.7 Å². The minimum atomic E-state index is -0.151. The molecule has 2 rings (SSSR count). The number of hydrogen-bond acceptors (Lipinski definition) is 3. The van der Waals surface area contributed by atoms with Gasteiger partial charge in [-0.1, -0.05) is 18.2 Å². The molecule has 1 aliphatic rings. The first-order valence-corrected chi connectivity index (χ1v) is 7.75. The highest BCUT2D eigenvalue weighted by Crippen LogP contribution is 2.20. The zero-order valence-corrected chi connectivity index (χ0v) is 12.7. The number of hydrogen-bond donors (Lipinski definition) is 1. The Bertz CT molecular complexity index is 398. The van der Waals surface area contributed by atoms with E-state index in [2.05, 4.69) is 17.9 Å². The van der Waals surface area contributed by atoms with Crippen LogP contribution in [0.4, 0.5) is 0 Å². The smallest absolute Gasteiger partial charge is 0.122 e. The molecule has 0 aromatic heterocycles. The Kier molecular flexibility index (Phi) is 5.86. The summed E-state index contributed by atoms with van der Waals surface area (Å²) in [7, 11) is 0. The fourth-order valence-electron chi connectivity index (χ4n) is 2.85. The van der Waals surface area contributed by atoms with Gasteiger partial charge in [-0.05, 0) is 63.7 Å². The van der Waals surface area contributed by atoms with E-state index in [4.69, 9.17) is 4.74 Å². The third kappa shape index (κ3) is 4.50. The van der Waals surface area contributed by atoms with Crippen molar-refractivity contribution in [1.29, 1.82) is 0 Å². The van der Waals surface area contributed by atoms with Crippen molar-refractivity contribution in [2.45, 2.75) is 39.2 Å². The molecular weight excluding hydrogens is 250 g/mol. The van der Waals surface area contributed by atoms with E-state index in [1.807, 2.05) is 25.1 Å². The van der Waals surface area contributed by atoms with Crippen molar-refractivity contribution in [3.05, 3.63) is 29.8 Å². The minimum Gasteiger partial charge on any atom is -0.493 e. The second-order valence-corrected chi connectivity index (χ2v) is 5.89. The topological polar surface area (TPSA) is 32.7 Å². The minimum absolute atomic E-state index is 0.151. The molecule has 1 aromatic rings. The molecule has 1 atom stereocenters. The van der Waals surface area contributed by atoms with Crippen LogP contribution in [0.5, 0.6) is 5.75 Å². The highest BCUT2D eigenvalue weighted by molar-refractivity contribution is 5.31. The van der Waals surface area contributed by atoms with E-state index >= 15 is 0 Å². The zero-order valence-electron chi connectivity index (χ0n) is 12.7. The summed E-state index contributed by atoms with van der Waals surface area (Å²) in [5, 5.41) is 9.59. The van der Waals surface area contributed by atoms with E-state index in [0.717, 1.165) is 51.3 Å². The third-order valence-corrected chi connectivity index (χ3v) is 4.28. The van der Waals surface area contributed by atoms with Crippen LogP contribution in [0.25, 0.3) is 0 Å². The van der Waals surface area contributed by atoms with Crippen LogP contribution < -0.4 is 4.74 Å². The number of likely N-dealkylation sites (tertiary alicyclic amines) is 1. The lowest BCUT2D eigenvalue weighted by molar-refractivity contribution is 0.0701. The largest absolute Gasteiger partial charge is 0.493 e. The second-order valence-electron chi connectivity index (χ2n) is 5.89. The maximum Gasteiger partial charge on any atom is 0.122 e. The molecule has 0 amide bonds. The van der Waals surface area contributed by atoms with E-state index in [-0.39, 0.29) is 6.10 Å². The van der Waals surface area contributed by atoms with E-state index in [9.17, 15) is 5.11 Å². The number of benzene rings is 1. The molecule has 0 radical (unpaired) electrons. The van der Waals surface area contributed by atoms with Crippen LogP contribution in [0.3, 0.4) is 0 Å². The Morgan fingerprint density at radius 3 is 2.65 bits per heavy atom. The first-order chi connectivity index (χ1) is 9.66. The predicted octanol–water partition coefficient (Wildman–Crippen LogP) is 2.86. The van der Waals surface area contributed by atoms with Crippen LogP contribution in [0.1, 0.15) is 31.7 Å². The first kappa shape index (κ1) is 15.3. The molecule has 1 aromatic carbocycles. The molecule has 1 N–H and O–H groups in total. The normalized spacial score (nSPS) is 18.9. The summed E-state index contributed by atoms with van der Waals surface area (Å²) in [5.74, 6) is 1.50. The Labute approximate surface area is 122 Å². The first-order valence-electron chi connectivity index (χ1n) is 7.75. The van der Waals surface area contributed by atoms with Gasteiger partial charge >= 0.3 is 0 Å². The SMILES string of the molecule is Cc1ccccc1OCCCN1CCC(C(C)O)CC1. The second kappa shape index (κ2) is 7.65. The van der Waals surface area contributed by atoms with Crippen molar-refractivity contribution in [3.63, 3.8) is 0 Å². The molecule has 1 unspecified atom stereocenters. The Morgan fingerprint density at radius 2 is 2.00 bits per heavy atom. The molecule has 20 heavy (non-hydrogen) atoms. The van der Waals surface area contributed by atoms with Gasteiger partial charge in [0.2, 0.25) is 0 Å². The van der Waals surface area contributed by atoms with Crippen molar-refractivity contribution in [1.82, 2.24) is 4.90 Å². The van der Waals surface area contributed by atoms with Gasteiger partial charge in [-0.2, -0.15) is 0 Å². The summed E-state index contributed by atoms with van der Waals surface area (Å²) in [6, 6.07) is 8.16. The van der Waals surface area contributed by atoms with E-state index < -0.39 is 0 Å². The van der Waals surface area contributed by atoms with Crippen LogP contribution in [0.2, 0.25) is 0 Å². The number of para-hydroxylation sites is 1. The molecule has 0 spiro atoms. The molecule has 1 saturated heterocycles. The summed E-state index contributed by atoms with van der Waals surface area (Å²) in [5.41, 5.74) is 1.20. The quantitative estimate of drug-likeness (QED) is 0.812. The van der Waals surface area contributed by atoms with Gasteiger partial charge in [0.25, 0.3) is 0 Å². The summed E-state index contributed by atoms with van der Waals surface area (Å²) in [6.07, 6.45) is 3.15. The van der Waals surface area contributed by atoms with Gasteiger partial charge in [-0.3, -0.25) is 0 Å². The number of aryl methyl sites for hydroxylation is 1. The summed E-state index contributed by atoms with van der Waals surface area (Å²) in [4.78, 5) is 2.49. The maximum atomic E-state index is 9.59. The molecule has 1 aliphatic heterocycles. The van der Waals surface area contributed by atoms with E-state index in [1.54, 1.807) is 0 Å². The fourth-order valence-corrected chi connectivity index (χ4v) is 2.85. The molecule has 3 nitrogen and oxygen atoms in total. The van der Waals surface area contributed by atoms with Crippen LogP contribution in [0, 0.1) is 12.8 Å². The number of nitrogens with zero attached hydrogens (tertiary/aromatic N) is 1. The molecule has 0 saturated carbocycles. The van der Waals surface area contributed by atoms with Gasteiger partial charge in [0, 0.05) is 6.54 Å². The van der Waals surface area contributed by atoms with Crippen molar-refractivity contribution in [3.8, 4) is 5.75 Å². The van der Waals surface area contributed by atoms with Crippen molar-refractivity contribution >= 4 is 0 Å². The van der Waals surface area contributed by atoms with Gasteiger partial charge in [-0.25, -0.2) is 0 Å². The van der Waals surface area contributed by atoms with Crippen molar-refractivity contribution < 1.29 is 9.84 Å². The van der Waals surface area contributed by atoms with Gasteiger partial charge in [0.1, 0.15) is 5.75 Å². The highest BCUT2D eigenvalue weighted by atomic mass is 16.5. The van der Waals surface area contributed by atoms with Crippen molar-refractivity contribution in [2.75, 3.05) is 26.2 Å². The number of ether oxygens (including phenoxy) is 1. The van der Waals surface area contributed by atoms with Gasteiger partial charge in [-0.15, -0.1) is 0 Å². The van der Waals surface area contributed by atoms with Crippen LogP contribution in [-0.2, 0) is 0 Å². The standard InChI is InChI=1S/C17H27NO2/c1-14-6-3-4-7-17(14)20-13-5-10-18-11-8-16(9-12-18)15(2)19/h3-4,6-7,15-16,19H,5,8-13H2,1-2H3. The van der Waals surface area contributed by atoms with Gasteiger partial charge < -0.3 is 14.7 Å². The Balaban J connectivity index is 1.62. The molecular formula is C17H27NO2. The Hall–Kier alpha value is -1.06. The average Bonchev–Trinajstić information content (AvgIpc) is 2.46. The number of aliphatic hydroxyl groups excluding tert-OH is 1. The lowest BCUT2D eigenvalue weighted by Gasteiger charge is -2.33. The number of piperidine rings is 1.